The molecular weight excluding hydrogens is 276 g/mol. The molecule has 0 atom stereocenters. The predicted octanol–water partition coefficient (Wildman–Crippen LogP) is 2.95. The Morgan fingerprint density at radius 2 is 1.68 bits per heavy atom. The maximum absolute atomic E-state index is 11.1. The lowest BCUT2D eigenvalue weighted by atomic mass is 10.1. The first kappa shape index (κ1) is 13.5. The summed E-state index contributed by atoms with van der Waals surface area (Å²) in [6, 6.07) is 8.47. The lowest BCUT2D eigenvalue weighted by Crippen LogP contribution is -2.29. The summed E-state index contributed by atoms with van der Waals surface area (Å²) < 4.78 is 1.83. The van der Waals surface area contributed by atoms with Crippen LogP contribution < -0.4 is 4.90 Å². The molecular formula is C17H20N4O. The van der Waals surface area contributed by atoms with E-state index >= 15 is 0 Å². The molecule has 0 unspecified atom stereocenters. The molecule has 2 heterocycles. The van der Waals surface area contributed by atoms with Crippen molar-refractivity contribution in [1.29, 1.82) is 0 Å². The number of hydrogen-bond donors (Lipinski definition) is 0. The predicted molar refractivity (Wildman–Crippen MR) is 84.8 cm³/mol. The molecule has 22 heavy (non-hydrogen) atoms. The summed E-state index contributed by atoms with van der Waals surface area (Å²) in [5, 5.41) is 8.20. The monoisotopic (exact) mass is 296 g/mol. The van der Waals surface area contributed by atoms with Crippen molar-refractivity contribution >= 4 is 12.0 Å². The Bertz CT molecular complexity index is 666. The Hall–Kier alpha value is -2.17. The van der Waals surface area contributed by atoms with Gasteiger partial charge in [-0.15, -0.1) is 5.10 Å². The summed E-state index contributed by atoms with van der Waals surface area (Å²) in [7, 11) is 0. The van der Waals surface area contributed by atoms with Crippen molar-refractivity contribution in [2.24, 2.45) is 0 Å². The van der Waals surface area contributed by atoms with Crippen LogP contribution in [0.25, 0.3) is 5.69 Å². The van der Waals surface area contributed by atoms with Crippen molar-refractivity contribution in [2.75, 3.05) is 18.0 Å². The second-order valence-electron chi connectivity index (χ2n) is 6.23. The molecule has 1 saturated heterocycles. The van der Waals surface area contributed by atoms with Crippen molar-refractivity contribution in [3.05, 3.63) is 35.7 Å². The van der Waals surface area contributed by atoms with E-state index in [-0.39, 0.29) is 0 Å². The van der Waals surface area contributed by atoms with Gasteiger partial charge in [-0.1, -0.05) is 5.21 Å². The topological polar surface area (TPSA) is 51.0 Å². The summed E-state index contributed by atoms with van der Waals surface area (Å²) in [5.74, 6) is 0.442. The van der Waals surface area contributed by atoms with Crippen molar-refractivity contribution < 1.29 is 4.79 Å². The zero-order valence-corrected chi connectivity index (χ0v) is 12.6. The van der Waals surface area contributed by atoms with Crippen LogP contribution in [0.1, 0.15) is 54.2 Å². The van der Waals surface area contributed by atoms with Crippen LogP contribution in [0.5, 0.6) is 0 Å². The summed E-state index contributed by atoms with van der Waals surface area (Å²) >= 11 is 0. The lowest BCUT2D eigenvalue weighted by molar-refractivity contribution is 0.111. The Kier molecular flexibility index (Phi) is 3.41. The molecule has 2 fully saturated rings. The van der Waals surface area contributed by atoms with Gasteiger partial charge in [-0.25, -0.2) is 4.68 Å². The molecule has 0 spiro atoms. The number of benzene rings is 1. The van der Waals surface area contributed by atoms with E-state index in [1.807, 2.05) is 4.68 Å². The number of carbonyl (C=O) groups is 1. The number of anilines is 1. The molecule has 5 nitrogen and oxygen atoms in total. The van der Waals surface area contributed by atoms with E-state index in [1.165, 1.54) is 24.9 Å². The van der Waals surface area contributed by atoms with E-state index in [1.54, 1.807) is 0 Å². The van der Waals surface area contributed by atoms with Crippen LogP contribution in [0.2, 0.25) is 0 Å². The van der Waals surface area contributed by atoms with Crippen LogP contribution in [-0.2, 0) is 0 Å². The SMILES string of the molecule is O=Cc1nnn(-c2ccc(N3CCCCC3)cc2)c1C1CC1. The fraction of sp³-hybridized carbons (Fsp3) is 0.471. The molecule has 1 aliphatic carbocycles. The fourth-order valence-corrected chi connectivity index (χ4v) is 3.27. The molecule has 2 aromatic rings. The Morgan fingerprint density at radius 3 is 2.32 bits per heavy atom. The first-order chi connectivity index (χ1) is 10.9. The van der Waals surface area contributed by atoms with E-state index in [0.29, 0.717) is 11.6 Å². The summed E-state index contributed by atoms with van der Waals surface area (Å²) in [6.45, 7) is 2.29. The van der Waals surface area contributed by atoms with Gasteiger partial charge in [0, 0.05) is 24.7 Å². The molecule has 1 saturated carbocycles. The normalized spacial score (nSPS) is 18.5. The minimum absolute atomic E-state index is 0.442. The summed E-state index contributed by atoms with van der Waals surface area (Å²) in [6.07, 6.45) is 6.96. The summed E-state index contributed by atoms with van der Waals surface area (Å²) in [4.78, 5) is 13.6. The van der Waals surface area contributed by atoms with Gasteiger partial charge in [0.1, 0.15) is 5.69 Å². The number of aldehydes is 1. The van der Waals surface area contributed by atoms with Crippen LogP contribution in [-0.4, -0.2) is 34.4 Å². The van der Waals surface area contributed by atoms with Gasteiger partial charge in [0.2, 0.25) is 0 Å². The van der Waals surface area contributed by atoms with Crippen LogP contribution in [0.3, 0.4) is 0 Å². The molecule has 1 aliphatic heterocycles. The average Bonchev–Trinajstić information content (AvgIpc) is 3.34. The second kappa shape index (κ2) is 5.55. The zero-order valence-electron chi connectivity index (χ0n) is 12.6. The fourth-order valence-electron chi connectivity index (χ4n) is 3.27. The number of rotatable bonds is 4. The van der Waals surface area contributed by atoms with Crippen molar-refractivity contribution in [1.82, 2.24) is 15.0 Å². The molecule has 5 heteroatoms. The summed E-state index contributed by atoms with van der Waals surface area (Å²) in [5.41, 5.74) is 3.72. The maximum Gasteiger partial charge on any atom is 0.172 e. The van der Waals surface area contributed by atoms with Crippen molar-refractivity contribution in [3.63, 3.8) is 0 Å². The first-order valence-corrected chi connectivity index (χ1v) is 8.13. The van der Waals surface area contributed by atoms with Gasteiger partial charge in [-0.3, -0.25) is 4.79 Å². The van der Waals surface area contributed by atoms with E-state index in [2.05, 4.69) is 39.5 Å². The minimum atomic E-state index is 0.442. The molecule has 0 bridgehead atoms. The van der Waals surface area contributed by atoms with Crippen LogP contribution in [0.4, 0.5) is 5.69 Å². The van der Waals surface area contributed by atoms with E-state index in [9.17, 15) is 4.79 Å². The molecule has 1 aromatic heterocycles. The minimum Gasteiger partial charge on any atom is -0.372 e. The molecule has 4 rings (SSSR count). The standard InChI is InChI=1S/C17H20N4O/c22-12-16-17(13-4-5-13)21(19-18-16)15-8-6-14(7-9-15)20-10-2-1-3-11-20/h6-9,12-13H,1-5,10-11H2. The molecule has 0 radical (unpaired) electrons. The third-order valence-electron chi connectivity index (χ3n) is 4.62. The van der Waals surface area contributed by atoms with Gasteiger partial charge < -0.3 is 4.90 Å². The highest BCUT2D eigenvalue weighted by Crippen LogP contribution is 2.41. The average molecular weight is 296 g/mol. The zero-order chi connectivity index (χ0) is 14.9. The van der Waals surface area contributed by atoms with Crippen LogP contribution >= 0.6 is 0 Å². The maximum atomic E-state index is 11.1. The number of hydrogen-bond acceptors (Lipinski definition) is 4. The van der Waals surface area contributed by atoms with Crippen molar-refractivity contribution in [3.8, 4) is 5.69 Å². The highest BCUT2D eigenvalue weighted by molar-refractivity contribution is 5.74. The van der Waals surface area contributed by atoms with Crippen LogP contribution in [0, 0.1) is 0 Å². The van der Waals surface area contributed by atoms with Gasteiger partial charge >= 0.3 is 0 Å². The highest BCUT2D eigenvalue weighted by Gasteiger charge is 2.31. The molecule has 1 aromatic carbocycles. The van der Waals surface area contributed by atoms with Gasteiger partial charge in [0.25, 0.3) is 0 Å². The van der Waals surface area contributed by atoms with Gasteiger partial charge in [-0.2, -0.15) is 0 Å². The van der Waals surface area contributed by atoms with Gasteiger partial charge in [0.15, 0.2) is 6.29 Å². The Morgan fingerprint density at radius 1 is 1.00 bits per heavy atom. The third kappa shape index (κ3) is 2.40. The highest BCUT2D eigenvalue weighted by atomic mass is 16.1. The largest absolute Gasteiger partial charge is 0.372 e. The van der Waals surface area contributed by atoms with E-state index < -0.39 is 0 Å². The number of carbonyl (C=O) groups excluding carboxylic acids is 1. The van der Waals surface area contributed by atoms with Gasteiger partial charge in [0.05, 0.1) is 11.4 Å². The molecule has 0 amide bonds. The van der Waals surface area contributed by atoms with Crippen molar-refractivity contribution in [2.45, 2.75) is 38.0 Å². The second-order valence-corrected chi connectivity index (χ2v) is 6.23. The number of piperidine rings is 1. The lowest BCUT2D eigenvalue weighted by Gasteiger charge is -2.28. The Balaban J connectivity index is 1.63. The first-order valence-electron chi connectivity index (χ1n) is 8.13. The van der Waals surface area contributed by atoms with E-state index in [4.69, 9.17) is 0 Å². The van der Waals surface area contributed by atoms with Crippen LogP contribution in [0.15, 0.2) is 24.3 Å². The quantitative estimate of drug-likeness (QED) is 0.814. The smallest absolute Gasteiger partial charge is 0.172 e. The number of aromatic nitrogens is 3. The Labute approximate surface area is 129 Å². The molecule has 0 N–H and O–H groups in total. The van der Waals surface area contributed by atoms with E-state index in [0.717, 1.165) is 43.6 Å². The third-order valence-corrected chi connectivity index (χ3v) is 4.62. The molecule has 114 valence electrons. The van der Waals surface area contributed by atoms with Gasteiger partial charge in [-0.05, 0) is 56.4 Å². The molecule has 2 aliphatic rings. The number of nitrogens with zero attached hydrogens (tertiary/aromatic N) is 4.